The number of hydrogen-bond acceptors (Lipinski definition) is 4. The first-order valence-electron chi connectivity index (χ1n) is 10.7. The Morgan fingerprint density at radius 1 is 0.909 bits per heavy atom. The van der Waals surface area contributed by atoms with E-state index in [2.05, 4.69) is 0 Å². The van der Waals surface area contributed by atoms with Crippen LogP contribution in [-0.2, 0) is 23.0 Å². The van der Waals surface area contributed by atoms with Crippen LogP contribution in [0.25, 0.3) is 17.1 Å². The summed E-state index contributed by atoms with van der Waals surface area (Å²) in [6.45, 7) is 2.10. The maximum Gasteiger partial charge on any atom is 0.243 e. The molecule has 0 spiro atoms. The summed E-state index contributed by atoms with van der Waals surface area (Å²) in [7, 11) is -3.74. The number of rotatable bonds is 4. The Morgan fingerprint density at radius 2 is 1.55 bits per heavy atom. The van der Waals surface area contributed by atoms with Gasteiger partial charge in [0.05, 0.1) is 33.9 Å². The van der Waals surface area contributed by atoms with Crippen LogP contribution < -0.4 is 0 Å². The van der Waals surface area contributed by atoms with Crippen LogP contribution in [0.3, 0.4) is 0 Å². The highest BCUT2D eigenvalue weighted by Gasteiger charge is 2.36. The number of hydrogen-bond donors (Lipinski definition) is 0. The number of sulfonamides is 1. The summed E-state index contributed by atoms with van der Waals surface area (Å²) >= 11 is 6.00. The highest BCUT2D eigenvalue weighted by Crippen LogP contribution is 2.30. The van der Waals surface area contributed by atoms with E-state index in [1.54, 1.807) is 12.1 Å². The average Bonchev–Trinajstić information content (AvgIpc) is 2.82. The fourth-order valence-corrected chi connectivity index (χ4v) is 5.67. The number of aryl methyl sites for hydroxylation is 1. The fraction of sp³-hybridized carbons (Fsp3) is 0.154. The van der Waals surface area contributed by atoms with E-state index in [-0.39, 0.29) is 11.4 Å². The number of halogens is 1. The molecule has 7 heteroatoms. The van der Waals surface area contributed by atoms with Gasteiger partial charge in [-0.15, -0.1) is 0 Å². The molecule has 0 bridgehead atoms. The first kappa shape index (κ1) is 21.8. The predicted molar refractivity (Wildman–Crippen MR) is 131 cm³/mol. The van der Waals surface area contributed by atoms with E-state index in [1.807, 2.05) is 79.7 Å². The number of fused-ring (bicyclic) bond motifs is 2. The van der Waals surface area contributed by atoms with Gasteiger partial charge in [0.2, 0.25) is 10.0 Å². The molecule has 1 atom stereocenters. The third-order valence-corrected chi connectivity index (χ3v) is 7.95. The SMILES string of the molecule is Cc1ccc(S(=O)(=O)N2Cc3nc4ccccc4nc3CC2/C=C/c2ccc(Cl)cc2)cc1. The van der Waals surface area contributed by atoms with Crippen molar-refractivity contribution in [1.82, 2.24) is 14.3 Å². The second kappa shape index (κ2) is 8.71. The van der Waals surface area contributed by atoms with Crippen molar-refractivity contribution in [3.63, 3.8) is 0 Å². The lowest BCUT2D eigenvalue weighted by Crippen LogP contribution is -2.43. The molecule has 5 rings (SSSR count). The summed E-state index contributed by atoms with van der Waals surface area (Å²) < 4.78 is 28.9. The maximum absolute atomic E-state index is 13.7. The molecule has 4 aromatic rings. The summed E-state index contributed by atoms with van der Waals surface area (Å²) in [4.78, 5) is 9.81. The van der Waals surface area contributed by atoms with E-state index in [9.17, 15) is 8.42 Å². The average molecular weight is 476 g/mol. The highest BCUT2D eigenvalue weighted by atomic mass is 35.5. The molecule has 3 aromatic carbocycles. The van der Waals surface area contributed by atoms with Crippen molar-refractivity contribution in [1.29, 1.82) is 0 Å². The number of nitrogens with zero attached hydrogens (tertiary/aromatic N) is 3. The molecular formula is C26H22ClN3O2S. The molecule has 33 heavy (non-hydrogen) atoms. The minimum atomic E-state index is -3.74. The largest absolute Gasteiger partial charge is 0.249 e. The Kier molecular flexibility index (Phi) is 5.74. The molecule has 2 heterocycles. The first-order valence-corrected chi connectivity index (χ1v) is 12.5. The van der Waals surface area contributed by atoms with E-state index in [0.717, 1.165) is 27.9 Å². The van der Waals surface area contributed by atoms with Crippen molar-refractivity contribution in [2.45, 2.75) is 30.8 Å². The Labute approximate surface area is 198 Å². The molecule has 0 N–H and O–H groups in total. The number of aromatic nitrogens is 2. The van der Waals surface area contributed by atoms with Crippen molar-refractivity contribution < 1.29 is 8.42 Å². The molecule has 5 nitrogen and oxygen atoms in total. The molecule has 1 aliphatic heterocycles. The van der Waals surface area contributed by atoms with E-state index in [4.69, 9.17) is 21.6 Å². The minimum absolute atomic E-state index is 0.166. The van der Waals surface area contributed by atoms with Crippen molar-refractivity contribution in [3.05, 3.63) is 106 Å². The Morgan fingerprint density at radius 3 is 2.21 bits per heavy atom. The van der Waals surface area contributed by atoms with Gasteiger partial charge >= 0.3 is 0 Å². The maximum atomic E-state index is 13.7. The minimum Gasteiger partial charge on any atom is -0.249 e. The van der Waals surface area contributed by atoms with Gasteiger partial charge in [0.1, 0.15) is 0 Å². The lowest BCUT2D eigenvalue weighted by molar-refractivity contribution is 0.327. The quantitative estimate of drug-likeness (QED) is 0.395. The third kappa shape index (κ3) is 4.42. The van der Waals surface area contributed by atoms with Gasteiger partial charge in [-0.3, -0.25) is 0 Å². The second-order valence-corrected chi connectivity index (χ2v) is 10.5. The van der Waals surface area contributed by atoms with Crippen molar-refractivity contribution in [2.75, 3.05) is 0 Å². The van der Waals surface area contributed by atoms with Crippen LogP contribution in [0.2, 0.25) is 5.02 Å². The topological polar surface area (TPSA) is 63.2 Å². The Bertz CT molecular complexity index is 1450. The standard InChI is InChI=1S/C26H22ClN3O2S/c1-18-6-14-22(15-7-18)33(31,32)30-17-26-25(28-23-4-2-3-5-24(23)29-26)16-21(30)13-10-19-8-11-20(27)12-9-19/h2-15,21H,16-17H2,1H3/b13-10+. The molecule has 1 aromatic heterocycles. The molecule has 166 valence electrons. The number of para-hydroxylation sites is 2. The lowest BCUT2D eigenvalue weighted by Gasteiger charge is -2.33. The first-order chi connectivity index (χ1) is 15.9. The molecule has 0 fully saturated rings. The summed E-state index contributed by atoms with van der Waals surface area (Å²) in [5.41, 5.74) is 5.05. The molecule has 0 aliphatic carbocycles. The zero-order valence-electron chi connectivity index (χ0n) is 18.0. The van der Waals surface area contributed by atoms with Crippen LogP contribution >= 0.6 is 11.6 Å². The van der Waals surface area contributed by atoms with Crippen LogP contribution in [0.1, 0.15) is 22.5 Å². The summed E-state index contributed by atoms with van der Waals surface area (Å²) in [5, 5.41) is 0.657. The Hall–Kier alpha value is -3.06. The van der Waals surface area contributed by atoms with Gasteiger partial charge in [0.25, 0.3) is 0 Å². The Balaban J connectivity index is 1.57. The van der Waals surface area contributed by atoms with E-state index in [1.165, 1.54) is 4.31 Å². The van der Waals surface area contributed by atoms with Crippen LogP contribution in [-0.4, -0.2) is 28.7 Å². The monoisotopic (exact) mass is 475 g/mol. The second-order valence-electron chi connectivity index (χ2n) is 8.15. The van der Waals surface area contributed by atoms with Gasteiger partial charge in [0, 0.05) is 17.5 Å². The van der Waals surface area contributed by atoms with Crippen LogP contribution in [0, 0.1) is 6.92 Å². The van der Waals surface area contributed by atoms with Gasteiger partial charge in [-0.2, -0.15) is 4.31 Å². The summed E-state index contributed by atoms with van der Waals surface area (Å²) in [6, 6.07) is 21.7. The van der Waals surface area contributed by atoms with Crippen LogP contribution in [0.5, 0.6) is 0 Å². The third-order valence-electron chi connectivity index (χ3n) is 5.81. The molecule has 0 saturated carbocycles. The van der Waals surface area contributed by atoms with Crippen molar-refractivity contribution >= 4 is 38.7 Å². The molecule has 0 amide bonds. The highest BCUT2D eigenvalue weighted by molar-refractivity contribution is 7.89. The number of benzene rings is 3. The van der Waals surface area contributed by atoms with E-state index in [0.29, 0.717) is 17.1 Å². The predicted octanol–water partition coefficient (Wildman–Crippen LogP) is 5.42. The van der Waals surface area contributed by atoms with Gasteiger partial charge in [0.15, 0.2) is 0 Å². The van der Waals surface area contributed by atoms with Gasteiger partial charge in [-0.1, -0.05) is 65.7 Å². The van der Waals surface area contributed by atoms with E-state index >= 15 is 0 Å². The van der Waals surface area contributed by atoms with Gasteiger partial charge in [-0.25, -0.2) is 18.4 Å². The summed E-state index contributed by atoms with van der Waals surface area (Å²) in [6.07, 6.45) is 4.30. The van der Waals surface area contributed by atoms with Crippen LogP contribution in [0.15, 0.2) is 83.8 Å². The molecule has 1 unspecified atom stereocenters. The van der Waals surface area contributed by atoms with Crippen molar-refractivity contribution in [2.24, 2.45) is 0 Å². The fourth-order valence-electron chi connectivity index (χ4n) is 4.00. The summed E-state index contributed by atoms with van der Waals surface area (Å²) in [5.74, 6) is 0. The van der Waals surface area contributed by atoms with Gasteiger partial charge in [-0.05, 0) is 48.9 Å². The molecule has 1 aliphatic rings. The zero-order chi connectivity index (χ0) is 23.0. The van der Waals surface area contributed by atoms with Crippen molar-refractivity contribution in [3.8, 4) is 0 Å². The molecule has 0 radical (unpaired) electrons. The lowest BCUT2D eigenvalue weighted by atomic mass is 10.0. The molecule has 0 saturated heterocycles. The smallest absolute Gasteiger partial charge is 0.243 e. The van der Waals surface area contributed by atoms with Gasteiger partial charge < -0.3 is 0 Å². The van der Waals surface area contributed by atoms with Crippen LogP contribution in [0.4, 0.5) is 0 Å². The van der Waals surface area contributed by atoms with E-state index < -0.39 is 16.1 Å². The normalized spacial score (nSPS) is 16.8. The zero-order valence-corrected chi connectivity index (χ0v) is 19.6. The molecular weight excluding hydrogens is 454 g/mol.